The van der Waals surface area contributed by atoms with Gasteiger partial charge in [0.25, 0.3) is 0 Å². The Hall–Kier alpha value is -1.71. The van der Waals surface area contributed by atoms with Crippen LogP contribution in [0.1, 0.15) is 15.9 Å². The number of carbonyl (C=O) groups excluding carboxylic acids is 1. The summed E-state index contributed by atoms with van der Waals surface area (Å²) in [6.45, 7) is 0.499. The number of benzene rings is 2. The van der Waals surface area contributed by atoms with Crippen molar-refractivity contribution in [2.75, 3.05) is 7.11 Å². The number of hydrogen-bond donors (Lipinski definition) is 0. The van der Waals surface area contributed by atoms with Crippen LogP contribution in [0.5, 0.6) is 0 Å². The number of halogens is 2. The molecule has 0 aliphatic rings. The zero-order valence-electron chi connectivity index (χ0n) is 10.8. The van der Waals surface area contributed by atoms with Crippen molar-refractivity contribution in [3.8, 4) is 0 Å². The molecule has 2 rings (SSSR count). The Kier molecular flexibility index (Phi) is 4.88. The first-order chi connectivity index (χ1) is 9.60. The number of ether oxygens (including phenoxy) is 1. The number of nitrogens with zero attached hydrogens (tertiary/aromatic N) is 1. The maximum atomic E-state index is 11.3. The monoisotopic (exact) mass is 308 g/mol. The Bertz CT molecular complexity index is 612. The molecule has 1 radical (unpaired) electrons. The van der Waals surface area contributed by atoms with Gasteiger partial charge in [-0.15, -0.1) is 0 Å². The minimum Gasteiger partial charge on any atom is -0.465 e. The fraction of sp³-hybridized carbons (Fsp3) is 0.133. The van der Waals surface area contributed by atoms with Crippen LogP contribution in [0.25, 0.3) is 0 Å². The maximum absolute atomic E-state index is 11.3. The normalized spacial score (nSPS) is 10.2. The fourth-order valence-electron chi connectivity index (χ4n) is 1.63. The second kappa shape index (κ2) is 6.64. The van der Waals surface area contributed by atoms with E-state index in [9.17, 15) is 4.79 Å². The molecule has 103 valence electrons. The molecule has 0 N–H and O–H groups in total. The zero-order chi connectivity index (χ0) is 14.5. The van der Waals surface area contributed by atoms with Crippen LogP contribution >= 0.6 is 23.2 Å². The van der Waals surface area contributed by atoms with Gasteiger partial charge in [0.1, 0.15) is 0 Å². The summed E-state index contributed by atoms with van der Waals surface area (Å²) < 4.78 is 4.64. The van der Waals surface area contributed by atoms with Gasteiger partial charge < -0.3 is 4.74 Å². The summed E-state index contributed by atoms with van der Waals surface area (Å²) in [5, 5.41) is 5.40. The van der Waals surface area contributed by atoms with Crippen LogP contribution in [0, 0.1) is 0 Å². The summed E-state index contributed by atoms with van der Waals surface area (Å²) in [7, 11) is 1.36. The number of esters is 1. The summed E-state index contributed by atoms with van der Waals surface area (Å²) >= 11 is 11.8. The lowest BCUT2D eigenvalue weighted by Crippen LogP contribution is -2.02. The second-order valence-electron chi connectivity index (χ2n) is 4.10. The fourth-order valence-corrected chi connectivity index (χ4v) is 1.92. The van der Waals surface area contributed by atoms with E-state index in [0.717, 1.165) is 11.3 Å². The largest absolute Gasteiger partial charge is 0.465 e. The summed E-state index contributed by atoms with van der Waals surface area (Å²) in [6.07, 6.45) is 0. The highest BCUT2D eigenvalue weighted by Gasteiger charge is 2.05. The lowest BCUT2D eigenvalue weighted by Gasteiger charge is -2.05. The maximum Gasteiger partial charge on any atom is 0.337 e. The molecule has 0 amide bonds. The average Bonchev–Trinajstić information content (AvgIpc) is 2.48. The molecule has 0 unspecified atom stereocenters. The lowest BCUT2D eigenvalue weighted by molar-refractivity contribution is 0.0600. The van der Waals surface area contributed by atoms with Crippen molar-refractivity contribution in [2.45, 2.75) is 6.54 Å². The van der Waals surface area contributed by atoms with Gasteiger partial charge in [0.15, 0.2) is 0 Å². The third kappa shape index (κ3) is 3.65. The van der Waals surface area contributed by atoms with E-state index in [-0.39, 0.29) is 5.97 Å². The number of carbonyl (C=O) groups is 1. The van der Waals surface area contributed by atoms with Gasteiger partial charge in [-0.1, -0.05) is 35.3 Å². The van der Waals surface area contributed by atoms with Crippen LogP contribution in [0.4, 0.5) is 5.69 Å². The van der Waals surface area contributed by atoms with Crippen LogP contribution in [-0.4, -0.2) is 13.1 Å². The third-order valence-corrected chi connectivity index (χ3v) is 3.46. The molecular weight excluding hydrogens is 297 g/mol. The third-order valence-electron chi connectivity index (χ3n) is 2.72. The Balaban J connectivity index is 2.00. The molecule has 0 saturated carbocycles. The van der Waals surface area contributed by atoms with Crippen LogP contribution < -0.4 is 5.32 Å². The molecule has 0 spiro atoms. The number of hydrogen-bond acceptors (Lipinski definition) is 2. The van der Waals surface area contributed by atoms with Crippen molar-refractivity contribution in [3.05, 3.63) is 63.6 Å². The highest BCUT2D eigenvalue weighted by molar-refractivity contribution is 6.42. The number of methoxy groups -OCH3 is 1. The SMILES string of the molecule is COC(=O)c1ccc(C[N]c2ccc(Cl)c(Cl)c2)cc1. The molecule has 0 aromatic heterocycles. The molecule has 5 heteroatoms. The topological polar surface area (TPSA) is 40.4 Å². The first-order valence-corrected chi connectivity index (χ1v) is 6.65. The van der Waals surface area contributed by atoms with Crippen molar-refractivity contribution >= 4 is 34.9 Å². The van der Waals surface area contributed by atoms with E-state index in [1.807, 2.05) is 12.1 Å². The van der Waals surface area contributed by atoms with E-state index >= 15 is 0 Å². The Morgan fingerprint density at radius 1 is 1.10 bits per heavy atom. The molecule has 0 saturated heterocycles. The lowest BCUT2D eigenvalue weighted by atomic mass is 10.1. The molecular formula is C15H12Cl2NO2. The van der Waals surface area contributed by atoms with Gasteiger partial charge in [-0.3, -0.25) is 5.32 Å². The molecule has 0 aliphatic carbocycles. The van der Waals surface area contributed by atoms with Crippen molar-refractivity contribution < 1.29 is 9.53 Å². The number of rotatable bonds is 4. The van der Waals surface area contributed by atoms with Crippen LogP contribution in [-0.2, 0) is 11.3 Å². The molecule has 0 atom stereocenters. The van der Waals surface area contributed by atoms with Crippen LogP contribution in [0.3, 0.4) is 0 Å². The molecule has 3 nitrogen and oxygen atoms in total. The summed E-state index contributed by atoms with van der Waals surface area (Å²) in [6, 6.07) is 12.3. The minimum atomic E-state index is -0.349. The van der Waals surface area contributed by atoms with Gasteiger partial charge in [-0.25, -0.2) is 4.79 Å². The van der Waals surface area contributed by atoms with Gasteiger partial charge >= 0.3 is 5.97 Å². The first kappa shape index (κ1) is 14.7. The van der Waals surface area contributed by atoms with Crippen LogP contribution in [0.15, 0.2) is 42.5 Å². The van der Waals surface area contributed by atoms with Gasteiger partial charge in [0.2, 0.25) is 0 Å². The molecule has 2 aromatic carbocycles. The van der Waals surface area contributed by atoms with Crippen molar-refractivity contribution in [1.82, 2.24) is 5.32 Å². The highest BCUT2D eigenvalue weighted by atomic mass is 35.5. The smallest absolute Gasteiger partial charge is 0.337 e. The van der Waals surface area contributed by atoms with Gasteiger partial charge in [0, 0.05) is 0 Å². The van der Waals surface area contributed by atoms with Gasteiger partial charge in [0.05, 0.1) is 35.0 Å². The summed E-state index contributed by atoms with van der Waals surface area (Å²) in [5.41, 5.74) is 2.27. The highest BCUT2D eigenvalue weighted by Crippen LogP contribution is 2.25. The quantitative estimate of drug-likeness (QED) is 0.794. The van der Waals surface area contributed by atoms with Crippen molar-refractivity contribution in [3.63, 3.8) is 0 Å². The van der Waals surface area contributed by atoms with E-state index < -0.39 is 0 Å². The molecule has 2 aromatic rings. The van der Waals surface area contributed by atoms with Gasteiger partial charge in [-0.2, -0.15) is 0 Å². The predicted molar refractivity (Wildman–Crippen MR) is 79.7 cm³/mol. The van der Waals surface area contributed by atoms with E-state index in [0.29, 0.717) is 22.2 Å². The molecule has 20 heavy (non-hydrogen) atoms. The summed E-state index contributed by atoms with van der Waals surface area (Å²) in [5.74, 6) is -0.349. The van der Waals surface area contributed by atoms with Crippen LogP contribution in [0.2, 0.25) is 10.0 Å². The molecule has 0 fully saturated rings. The molecule has 0 aliphatic heterocycles. The minimum absolute atomic E-state index is 0.349. The van der Waals surface area contributed by atoms with E-state index in [1.165, 1.54) is 7.11 Å². The van der Waals surface area contributed by atoms with Crippen molar-refractivity contribution in [2.24, 2.45) is 0 Å². The summed E-state index contributed by atoms with van der Waals surface area (Å²) in [4.78, 5) is 11.3. The average molecular weight is 309 g/mol. The second-order valence-corrected chi connectivity index (χ2v) is 4.92. The van der Waals surface area contributed by atoms with E-state index in [4.69, 9.17) is 23.2 Å². The van der Waals surface area contributed by atoms with Crippen molar-refractivity contribution in [1.29, 1.82) is 0 Å². The molecule has 0 bridgehead atoms. The first-order valence-electron chi connectivity index (χ1n) is 5.90. The Morgan fingerprint density at radius 3 is 2.40 bits per heavy atom. The predicted octanol–water partition coefficient (Wildman–Crippen LogP) is 4.22. The zero-order valence-corrected chi connectivity index (χ0v) is 12.3. The van der Waals surface area contributed by atoms with Gasteiger partial charge in [-0.05, 0) is 35.9 Å². The standard InChI is InChI=1S/C15H12Cl2NO2/c1-20-15(19)11-4-2-10(3-5-11)9-18-12-6-7-13(16)14(17)8-12/h2-8H,9H2,1H3. The van der Waals surface area contributed by atoms with E-state index in [1.54, 1.807) is 30.3 Å². The van der Waals surface area contributed by atoms with E-state index in [2.05, 4.69) is 10.1 Å². The molecule has 0 heterocycles. The Morgan fingerprint density at radius 2 is 1.80 bits per heavy atom. The Labute approximate surface area is 127 Å².